The van der Waals surface area contributed by atoms with E-state index in [-0.39, 0.29) is 42.1 Å². The normalized spacial score (nSPS) is 19.1. The van der Waals surface area contributed by atoms with E-state index >= 15 is 0 Å². The average Bonchev–Trinajstić information content (AvgIpc) is 2.70. The molecule has 0 aromatic heterocycles. The van der Waals surface area contributed by atoms with Crippen LogP contribution >= 0.6 is 24.0 Å². The highest BCUT2D eigenvalue weighted by Crippen LogP contribution is 2.15. The number of allylic oxidation sites excluding steroid dienone is 1. The minimum absolute atomic E-state index is 0. The van der Waals surface area contributed by atoms with Crippen molar-refractivity contribution in [2.75, 3.05) is 33.2 Å². The van der Waals surface area contributed by atoms with E-state index in [1.807, 2.05) is 49.1 Å². The zero-order chi connectivity index (χ0) is 21.2. The summed E-state index contributed by atoms with van der Waals surface area (Å²) in [7, 11) is 2.05. The lowest BCUT2D eigenvalue weighted by atomic mass is 10.1. The van der Waals surface area contributed by atoms with Gasteiger partial charge in [-0.1, -0.05) is 18.2 Å². The van der Waals surface area contributed by atoms with Crippen LogP contribution in [0.3, 0.4) is 0 Å². The molecule has 1 fully saturated rings. The summed E-state index contributed by atoms with van der Waals surface area (Å²) in [6, 6.07) is 7.79. The summed E-state index contributed by atoms with van der Waals surface area (Å²) < 4.78 is 5.72. The number of carbonyl (C=O) groups excluding carboxylic acids is 1. The van der Waals surface area contributed by atoms with E-state index in [2.05, 4.69) is 30.8 Å². The van der Waals surface area contributed by atoms with Crippen molar-refractivity contribution < 1.29 is 9.53 Å². The Hall–Kier alpha value is -1.61. The quantitative estimate of drug-likeness (QED) is 0.183. The largest absolute Gasteiger partial charge is 0.372 e. The molecule has 0 spiro atoms. The van der Waals surface area contributed by atoms with Crippen LogP contribution in [0.1, 0.15) is 49.5 Å². The van der Waals surface area contributed by atoms with Crippen molar-refractivity contribution in [3.8, 4) is 0 Å². The van der Waals surface area contributed by atoms with Gasteiger partial charge in [0.15, 0.2) is 5.96 Å². The third kappa shape index (κ3) is 8.26. The smallest absolute Gasteiger partial charge is 0.254 e. The molecule has 0 radical (unpaired) electrons. The van der Waals surface area contributed by atoms with Gasteiger partial charge in [-0.05, 0) is 51.3 Å². The zero-order valence-electron chi connectivity index (χ0n) is 18.8. The van der Waals surface area contributed by atoms with Crippen molar-refractivity contribution in [2.24, 2.45) is 4.99 Å². The van der Waals surface area contributed by atoms with Gasteiger partial charge in [0.25, 0.3) is 5.91 Å². The first kappa shape index (κ1) is 26.4. The molecule has 0 bridgehead atoms. The van der Waals surface area contributed by atoms with Crippen LogP contribution in [0.2, 0.25) is 0 Å². The van der Waals surface area contributed by atoms with Gasteiger partial charge in [-0.2, -0.15) is 0 Å². The number of halogens is 1. The lowest BCUT2D eigenvalue weighted by Crippen LogP contribution is -2.48. The van der Waals surface area contributed by atoms with Crippen LogP contribution in [0.4, 0.5) is 0 Å². The molecule has 1 aromatic rings. The monoisotopic (exact) mass is 528 g/mol. The number of morpholine rings is 1. The van der Waals surface area contributed by atoms with Crippen LogP contribution in [0.15, 0.2) is 41.9 Å². The predicted molar refractivity (Wildman–Crippen MR) is 135 cm³/mol. The molecule has 2 rings (SSSR count). The van der Waals surface area contributed by atoms with E-state index in [1.54, 1.807) is 0 Å². The van der Waals surface area contributed by atoms with E-state index < -0.39 is 0 Å². The lowest BCUT2D eigenvalue weighted by Gasteiger charge is -2.35. The molecule has 1 aliphatic rings. The topological polar surface area (TPSA) is 57.2 Å². The van der Waals surface area contributed by atoms with Crippen LogP contribution < -0.4 is 5.32 Å². The van der Waals surface area contributed by atoms with Gasteiger partial charge in [0.2, 0.25) is 0 Å². The Morgan fingerprint density at radius 2 is 1.93 bits per heavy atom. The maximum absolute atomic E-state index is 12.8. The van der Waals surface area contributed by atoms with Crippen molar-refractivity contribution in [3.05, 3.63) is 48.0 Å². The number of aliphatic imine (C=N–C) groups is 1. The average molecular weight is 528 g/mol. The zero-order valence-corrected chi connectivity index (χ0v) is 21.1. The number of nitrogens with zero attached hydrogens (tertiary/aromatic N) is 3. The first-order valence-corrected chi connectivity index (χ1v) is 10.6. The fourth-order valence-electron chi connectivity index (χ4n) is 3.49. The molecular formula is C23H37IN4O2. The Morgan fingerprint density at radius 1 is 1.30 bits per heavy atom. The van der Waals surface area contributed by atoms with Crippen LogP contribution in [0.25, 0.3) is 0 Å². The second kappa shape index (κ2) is 13.6. The molecular weight excluding hydrogens is 491 g/mol. The Balaban J connectivity index is 0.00000450. The molecule has 1 aliphatic heterocycles. The number of amides is 1. The van der Waals surface area contributed by atoms with Gasteiger partial charge in [-0.25, -0.2) is 4.99 Å². The molecule has 168 valence electrons. The fourth-order valence-corrected chi connectivity index (χ4v) is 3.49. The highest BCUT2D eigenvalue weighted by molar-refractivity contribution is 14.0. The minimum Gasteiger partial charge on any atom is -0.372 e. The van der Waals surface area contributed by atoms with Gasteiger partial charge < -0.3 is 19.9 Å². The number of hydrogen-bond donors (Lipinski definition) is 1. The number of carbonyl (C=O) groups is 1. The maximum atomic E-state index is 12.8. The molecule has 2 atom stereocenters. The summed E-state index contributed by atoms with van der Waals surface area (Å²) in [6.07, 6.45) is 4.15. The summed E-state index contributed by atoms with van der Waals surface area (Å²) in [5.41, 5.74) is 1.80. The number of benzene rings is 1. The van der Waals surface area contributed by atoms with Gasteiger partial charge in [0, 0.05) is 38.8 Å². The summed E-state index contributed by atoms with van der Waals surface area (Å²) in [5, 5.41) is 3.34. The van der Waals surface area contributed by atoms with E-state index in [0.29, 0.717) is 25.2 Å². The summed E-state index contributed by atoms with van der Waals surface area (Å²) in [5.74, 6) is 0.963. The molecule has 1 N–H and O–H groups in total. The van der Waals surface area contributed by atoms with E-state index in [9.17, 15) is 4.79 Å². The summed E-state index contributed by atoms with van der Waals surface area (Å²) >= 11 is 0. The molecule has 7 heteroatoms. The van der Waals surface area contributed by atoms with Crippen LogP contribution in [0.5, 0.6) is 0 Å². The Bertz CT molecular complexity index is 683. The van der Waals surface area contributed by atoms with Gasteiger partial charge in [-0.15, -0.1) is 30.6 Å². The fraction of sp³-hybridized carbons (Fsp3) is 0.565. The summed E-state index contributed by atoms with van der Waals surface area (Å²) in [4.78, 5) is 21.6. The second-order valence-corrected chi connectivity index (χ2v) is 7.69. The van der Waals surface area contributed by atoms with E-state index in [1.165, 1.54) is 0 Å². The van der Waals surface area contributed by atoms with Crippen LogP contribution in [-0.4, -0.2) is 67.1 Å². The number of rotatable bonds is 8. The summed E-state index contributed by atoms with van der Waals surface area (Å²) in [6.45, 7) is 13.5. The molecule has 6 nitrogen and oxygen atoms in total. The Labute approximate surface area is 198 Å². The molecule has 30 heavy (non-hydrogen) atoms. The van der Waals surface area contributed by atoms with Crippen LogP contribution in [0, 0.1) is 0 Å². The first-order valence-electron chi connectivity index (χ1n) is 10.6. The standard InChI is InChI=1S/C23H36N4O2.HI/c1-6-8-9-14-26(5)23(24-7-2)25-15-20-10-12-21(13-11-20)22(28)27-16-18(3)29-19(4)17-27;/h6,10-13,18-19H,1,7-9,14-17H2,2-5H3,(H,24,25);1H. The number of hydrogen-bond acceptors (Lipinski definition) is 3. The SMILES string of the molecule is C=CCCCN(C)C(=NCc1ccc(C(=O)N2CC(C)OC(C)C2)cc1)NCC.I. The van der Waals surface area contributed by atoms with Gasteiger partial charge in [0.05, 0.1) is 18.8 Å². The van der Waals surface area contributed by atoms with Gasteiger partial charge in [-0.3, -0.25) is 4.79 Å². The minimum atomic E-state index is 0. The predicted octanol–water partition coefficient (Wildman–Crippen LogP) is 3.92. The van der Waals surface area contributed by atoms with E-state index in [4.69, 9.17) is 9.73 Å². The molecule has 1 heterocycles. The van der Waals surface area contributed by atoms with Crippen molar-refractivity contribution in [1.82, 2.24) is 15.1 Å². The van der Waals surface area contributed by atoms with Gasteiger partial charge in [0.1, 0.15) is 0 Å². The molecule has 1 amide bonds. The first-order chi connectivity index (χ1) is 13.9. The second-order valence-electron chi connectivity index (χ2n) is 7.69. The Morgan fingerprint density at radius 3 is 2.50 bits per heavy atom. The van der Waals surface area contributed by atoms with Crippen molar-refractivity contribution >= 4 is 35.8 Å². The highest BCUT2D eigenvalue weighted by Gasteiger charge is 2.26. The maximum Gasteiger partial charge on any atom is 0.254 e. The molecule has 1 aromatic carbocycles. The van der Waals surface area contributed by atoms with Crippen LogP contribution in [-0.2, 0) is 11.3 Å². The number of nitrogens with one attached hydrogen (secondary N) is 1. The third-order valence-electron chi connectivity index (χ3n) is 4.92. The number of ether oxygens (including phenoxy) is 1. The molecule has 0 aliphatic carbocycles. The number of guanidine groups is 1. The van der Waals surface area contributed by atoms with Gasteiger partial charge >= 0.3 is 0 Å². The molecule has 2 unspecified atom stereocenters. The highest BCUT2D eigenvalue weighted by atomic mass is 127. The molecule has 1 saturated heterocycles. The molecule has 0 saturated carbocycles. The van der Waals surface area contributed by atoms with E-state index in [0.717, 1.165) is 37.5 Å². The van der Waals surface area contributed by atoms with Crippen molar-refractivity contribution in [2.45, 2.75) is 52.4 Å². The Kier molecular flexibility index (Phi) is 12.0. The van der Waals surface area contributed by atoms with Crippen molar-refractivity contribution in [1.29, 1.82) is 0 Å². The third-order valence-corrected chi connectivity index (χ3v) is 4.92. The lowest BCUT2D eigenvalue weighted by molar-refractivity contribution is -0.0586. The van der Waals surface area contributed by atoms with Crippen molar-refractivity contribution in [3.63, 3.8) is 0 Å². The number of unbranched alkanes of at least 4 members (excludes halogenated alkanes) is 1.